The molecule has 3 rings (SSSR count). The van der Waals surface area contributed by atoms with Crippen molar-refractivity contribution < 1.29 is 4.79 Å². The van der Waals surface area contributed by atoms with Gasteiger partial charge in [0, 0.05) is 10.6 Å². The average molecular weight is 342 g/mol. The van der Waals surface area contributed by atoms with Crippen molar-refractivity contribution in [3.63, 3.8) is 0 Å². The maximum Gasteiger partial charge on any atom is 0.251 e. The Hall–Kier alpha value is -2.73. The Morgan fingerprint density at radius 2 is 2.00 bits per heavy atom. The van der Waals surface area contributed by atoms with Gasteiger partial charge in [0.05, 0.1) is 12.2 Å². The number of amides is 1. The van der Waals surface area contributed by atoms with Crippen molar-refractivity contribution in [2.24, 2.45) is 0 Å². The number of aryl methyl sites for hydroxylation is 2. The normalized spacial score (nSPS) is 10.6. The molecule has 0 aliphatic carbocycles. The molecule has 0 radical (unpaired) electrons. The van der Waals surface area contributed by atoms with Crippen LogP contribution >= 0.6 is 11.6 Å². The third-order valence-corrected chi connectivity index (χ3v) is 4.00. The summed E-state index contributed by atoms with van der Waals surface area (Å²) >= 11 is 5.90. The lowest BCUT2D eigenvalue weighted by atomic mass is 10.1. The predicted octanol–water partition coefficient (Wildman–Crippen LogP) is 2.86. The van der Waals surface area contributed by atoms with Crippen LogP contribution in [0.5, 0.6) is 0 Å². The maximum atomic E-state index is 12.2. The SMILES string of the molecule is Cc1ccc(-n2nnnc2CNC(=O)c2cccc(Cl)c2)cc1C. The first-order valence-electron chi connectivity index (χ1n) is 7.43. The first kappa shape index (κ1) is 16.1. The van der Waals surface area contributed by atoms with Crippen LogP contribution in [-0.2, 0) is 6.54 Å². The van der Waals surface area contributed by atoms with E-state index in [9.17, 15) is 4.79 Å². The maximum absolute atomic E-state index is 12.2. The molecule has 0 unspecified atom stereocenters. The van der Waals surface area contributed by atoms with Crippen LogP contribution in [0.3, 0.4) is 0 Å². The molecular weight excluding hydrogens is 326 g/mol. The van der Waals surface area contributed by atoms with Gasteiger partial charge >= 0.3 is 0 Å². The molecular formula is C17H16ClN5O. The summed E-state index contributed by atoms with van der Waals surface area (Å²) in [7, 11) is 0. The minimum atomic E-state index is -0.230. The molecule has 24 heavy (non-hydrogen) atoms. The van der Waals surface area contributed by atoms with Crippen molar-refractivity contribution in [3.05, 3.63) is 70.0 Å². The second-order valence-electron chi connectivity index (χ2n) is 5.47. The van der Waals surface area contributed by atoms with Crippen LogP contribution in [-0.4, -0.2) is 26.1 Å². The van der Waals surface area contributed by atoms with Crippen molar-refractivity contribution in [2.45, 2.75) is 20.4 Å². The molecule has 0 bridgehead atoms. The summed E-state index contributed by atoms with van der Waals surface area (Å²) in [6.45, 7) is 4.29. The van der Waals surface area contributed by atoms with E-state index in [2.05, 4.69) is 20.8 Å². The third-order valence-electron chi connectivity index (χ3n) is 3.76. The lowest BCUT2D eigenvalue weighted by Gasteiger charge is -2.08. The van der Waals surface area contributed by atoms with Crippen LogP contribution in [0.4, 0.5) is 0 Å². The monoisotopic (exact) mass is 341 g/mol. The number of nitrogens with zero attached hydrogens (tertiary/aromatic N) is 4. The Bertz CT molecular complexity index is 890. The minimum absolute atomic E-state index is 0.214. The number of carbonyl (C=O) groups is 1. The highest BCUT2D eigenvalue weighted by molar-refractivity contribution is 6.30. The number of hydrogen-bond donors (Lipinski definition) is 1. The third kappa shape index (κ3) is 3.44. The number of benzene rings is 2. The van der Waals surface area contributed by atoms with Crippen LogP contribution in [0.25, 0.3) is 5.69 Å². The van der Waals surface area contributed by atoms with Crippen molar-refractivity contribution in [1.82, 2.24) is 25.5 Å². The van der Waals surface area contributed by atoms with Gasteiger partial charge in [-0.15, -0.1) is 5.10 Å². The summed E-state index contributed by atoms with van der Waals surface area (Å²) in [4.78, 5) is 12.2. The van der Waals surface area contributed by atoms with E-state index in [-0.39, 0.29) is 12.5 Å². The lowest BCUT2D eigenvalue weighted by molar-refractivity contribution is 0.0949. The Morgan fingerprint density at radius 3 is 2.75 bits per heavy atom. The van der Waals surface area contributed by atoms with Crippen molar-refractivity contribution in [3.8, 4) is 5.69 Å². The molecule has 122 valence electrons. The quantitative estimate of drug-likeness (QED) is 0.792. The zero-order valence-electron chi connectivity index (χ0n) is 13.3. The second kappa shape index (κ2) is 6.80. The lowest BCUT2D eigenvalue weighted by Crippen LogP contribution is -2.24. The van der Waals surface area contributed by atoms with E-state index in [1.165, 1.54) is 5.56 Å². The number of aromatic nitrogens is 4. The Morgan fingerprint density at radius 1 is 1.17 bits per heavy atom. The smallest absolute Gasteiger partial charge is 0.251 e. The van der Waals surface area contributed by atoms with Gasteiger partial charge in [0.2, 0.25) is 0 Å². The largest absolute Gasteiger partial charge is 0.345 e. The van der Waals surface area contributed by atoms with Gasteiger partial charge in [-0.25, -0.2) is 0 Å². The van der Waals surface area contributed by atoms with Gasteiger partial charge in [0.25, 0.3) is 5.91 Å². The highest BCUT2D eigenvalue weighted by atomic mass is 35.5. The first-order chi connectivity index (χ1) is 11.5. The fourth-order valence-electron chi connectivity index (χ4n) is 2.26. The number of carbonyl (C=O) groups excluding carboxylic acids is 1. The molecule has 7 heteroatoms. The molecule has 0 saturated heterocycles. The van der Waals surface area contributed by atoms with Crippen LogP contribution in [0.2, 0.25) is 5.02 Å². The van der Waals surface area contributed by atoms with Crippen LogP contribution in [0.15, 0.2) is 42.5 Å². The fraction of sp³-hybridized carbons (Fsp3) is 0.176. The van der Waals surface area contributed by atoms with Crippen LogP contribution in [0, 0.1) is 13.8 Å². The number of rotatable bonds is 4. The van der Waals surface area contributed by atoms with Crippen molar-refractivity contribution >= 4 is 17.5 Å². The summed E-state index contributed by atoms with van der Waals surface area (Å²) in [5.74, 6) is 0.320. The molecule has 2 aromatic carbocycles. The van der Waals surface area contributed by atoms with Gasteiger partial charge in [-0.3, -0.25) is 4.79 Å². The summed E-state index contributed by atoms with van der Waals surface area (Å²) in [5, 5.41) is 15.0. The molecule has 0 fully saturated rings. The second-order valence-corrected chi connectivity index (χ2v) is 5.90. The molecule has 0 saturated carbocycles. The first-order valence-corrected chi connectivity index (χ1v) is 7.81. The van der Waals surface area contributed by atoms with Gasteiger partial charge in [0.15, 0.2) is 5.82 Å². The highest BCUT2D eigenvalue weighted by Crippen LogP contribution is 2.14. The molecule has 6 nitrogen and oxygen atoms in total. The zero-order valence-corrected chi connectivity index (χ0v) is 14.1. The highest BCUT2D eigenvalue weighted by Gasteiger charge is 2.12. The van der Waals surface area contributed by atoms with E-state index >= 15 is 0 Å². The summed E-state index contributed by atoms with van der Waals surface area (Å²) in [6, 6.07) is 12.7. The predicted molar refractivity (Wildman–Crippen MR) is 91.3 cm³/mol. The summed E-state index contributed by atoms with van der Waals surface area (Å²) in [5.41, 5.74) is 3.70. The Balaban J connectivity index is 1.76. The van der Waals surface area contributed by atoms with E-state index in [0.29, 0.717) is 16.4 Å². The molecule has 1 aromatic heterocycles. The van der Waals surface area contributed by atoms with E-state index in [1.807, 2.05) is 32.0 Å². The fourth-order valence-corrected chi connectivity index (χ4v) is 2.46. The molecule has 1 amide bonds. The average Bonchev–Trinajstić information content (AvgIpc) is 3.03. The standard InChI is InChI=1S/C17H16ClN5O/c1-11-6-7-15(8-12(11)2)23-16(20-21-22-23)10-19-17(24)13-4-3-5-14(18)9-13/h3-9H,10H2,1-2H3,(H,19,24). The van der Waals surface area contributed by atoms with Crippen LogP contribution in [0.1, 0.15) is 27.3 Å². The van der Waals surface area contributed by atoms with Gasteiger partial charge in [-0.1, -0.05) is 23.7 Å². The van der Waals surface area contributed by atoms with Gasteiger partial charge in [0.1, 0.15) is 0 Å². The molecule has 0 spiro atoms. The van der Waals surface area contributed by atoms with Gasteiger partial charge in [-0.2, -0.15) is 4.68 Å². The Labute approximate surface area is 144 Å². The summed E-state index contributed by atoms with van der Waals surface area (Å²) in [6.07, 6.45) is 0. The molecule has 0 aliphatic heterocycles. The van der Waals surface area contributed by atoms with Crippen molar-refractivity contribution in [2.75, 3.05) is 0 Å². The zero-order chi connectivity index (χ0) is 17.1. The number of tetrazole rings is 1. The number of hydrogen-bond acceptors (Lipinski definition) is 4. The topological polar surface area (TPSA) is 72.7 Å². The molecule has 1 N–H and O–H groups in total. The Kier molecular flexibility index (Phi) is 4.57. The van der Waals surface area contributed by atoms with Crippen molar-refractivity contribution in [1.29, 1.82) is 0 Å². The molecule has 0 atom stereocenters. The minimum Gasteiger partial charge on any atom is -0.345 e. The number of halogens is 1. The summed E-state index contributed by atoms with van der Waals surface area (Å²) < 4.78 is 1.62. The molecule has 0 aliphatic rings. The molecule has 1 heterocycles. The number of nitrogens with one attached hydrogen (secondary N) is 1. The van der Waals surface area contributed by atoms with Gasteiger partial charge in [-0.05, 0) is 65.7 Å². The van der Waals surface area contributed by atoms with E-state index in [0.717, 1.165) is 11.3 Å². The van der Waals surface area contributed by atoms with E-state index in [1.54, 1.807) is 28.9 Å². The van der Waals surface area contributed by atoms with E-state index in [4.69, 9.17) is 11.6 Å². The molecule has 3 aromatic rings. The van der Waals surface area contributed by atoms with Gasteiger partial charge < -0.3 is 5.32 Å². The van der Waals surface area contributed by atoms with Crippen LogP contribution < -0.4 is 5.32 Å². The van der Waals surface area contributed by atoms with E-state index < -0.39 is 0 Å².